The van der Waals surface area contributed by atoms with Gasteiger partial charge in [-0.1, -0.05) is 12.1 Å². The zero-order chi connectivity index (χ0) is 17.1. The van der Waals surface area contributed by atoms with E-state index in [-0.39, 0.29) is 24.4 Å². The minimum absolute atomic E-state index is 0.150. The number of oxazole rings is 1. The average Bonchev–Trinajstić information content (AvgIpc) is 3.00. The fraction of sp³-hybridized carbons (Fsp3) is 0.176. The first-order valence-electron chi connectivity index (χ1n) is 7.18. The van der Waals surface area contributed by atoms with Crippen LogP contribution < -0.4 is 10.5 Å². The van der Waals surface area contributed by atoms with Crippen LogP contribution in [0.5, 0.6) is 5.75 Å². The fourth-order valence-corrected chi connectivity index (χ4v) is 2.25. The first kappa shape index (κ1) is 15.9. The Balaban J connectivity index is 1.74. The van der Waals surface area contributed by atoms with E-state index in [1.807, 2.05) is 0 Å². The molecular weight excluding hydrogens is 315 g/mol. The first-order valence-corrected chi connectivity index (χ1v) is 7.18. The molecule has 7 heteroatoms. The molecule has 0 fully saturated rings. The van der Waals surface area contributed by atoms with Gasteiger partial charge in [-0.15, -0.1) is 0 Å². The van der Waals surface area contributed by atoms with Gasteiger partial charge in [0.2, 0.25) is 0 Å². The molecule has 3 aromatic rings. The molecule has 24 heavy (non-hydrogen) atoms. The maximum Gasteiger partial charge on any atom is 0.304 e. The molecule has 6 nitrogen and oxygen atoms in total. The van der Waals surface area contributed by atoms with Crippen molar-refractivity contribution >= 4 is 17.0 Å². The third-order valence-electron chi connectivity index (χ3n) is 3.50. The van der Waals surface area contributed by atoms with Crippen molar-refractivity contribution in [2.75, 3.05) is 13.7 Å². The van der Waals surface area contributed by atoms with E-state index in [4.69, 9.17) is 19.6 Å². The van der Waals surface area contributed by atoms with Crippen molar-refractivity contribution in [3.8, 4) is 5.75 Å². The van der Waals surface area contributed by atoms with Gasteiger partial charge in [-0.05, 0) is 29.8 Å². The lowest BCUT2D eigenvalue weighted by molar-refractivity contribution is 0.0576. The molecular formula is C17H15FN2O4. The Morgan fingerprint density at radius 1 is 1.29 bits per heavy atom. The largest absolute Gasteiger partial charge is 0.490 e. The van der Waals surface area contributed by atoms with Crippen LogP contribution in [0.3, 0.4) is 0 Å². The van der Waals surface area contributed by atoms with Gasteiger partial charge in [-0.3, -0.25) is 4.79 Å². The summed E-state index contributed by atoms with van der Waals surface area (Å²) in [5, 5.41) is 0. The van der Waals surface area contributed by atoms with Crippen LogP contribution in [0.2, 0.25) is 0 Å². The Morgan fingerprint density at radius 2 is 2.04 bits per heavy atom. The van der Waals surface area contributed by atoms with Crippen LogP contribution in [0.4, 0.5) is 4.39 Å². The van der Waals surface area contributed by atoms with Crippen molar-refractivity contribution < 1.29 is 23.1 Å². The second kappa shape index (κ2) is 6.67. The number of hydrogen-bond donors (Lipinski definition) is 1. The summed E-state index contributed by atoms with van der Waals surface area (Å²) in [7, 11) is 1.55. The van der Waals surface area contributed by atoms with Gasteiger partial charge < -0.3 is 19.6 Å². The number of nitrogens with zero attached hydrogens (tertiary/aromatic N) is 1. The Hall–Kier alpha value is -2.93. The average molecular weight is 330 g/mol. The van der Waals surface area contributed by atoms with Crippen molar-refractivity contribution in [3.05, 3.63) is 59.7 Å². The summed E-state index contributed by atoms with van der Waals surface area (Å²) in [6.45, 7) is 0.230. The maximum absolute atomic E-state index is 13.0. The van der Waals surface area contributed by atoms with Crippen molar-refractivity contribution in [2.24, 2.45) is 5.73 Å². The molecule has 3 rings (SSSR count). The van der Waals surface area contributed by atoms with Crippen molar-refractivity contribution in [1.29, 1.82) is 0 Å². The number of methoxy groups -OCH3 is 1. The monoisotopic (exact) mass is 330 g/mol. The standard InChI is InChI=1S/C17H15FN2O4/c1-22-15(10-2-4-11(18)5-3-10)9-23-12-6-7-14-13(8-12)20-17(24-14)16(19)21/h2-8,15H,9H2,1H3,(H2,19,21). The molecule has 1 unspecified atom stereocenters. The maximum atomic E-state index is 13.0. The Labute approximate surface area is 137 Å². The number of halogens is 1. The van der Waals surface area contributed by atoms with E-state index in [1.165, 1.54) is 12.1 Å². The number of ether oxygens (including phenoxy) is 2. The summed E-state index contributed by atoms with van der Waals surface area (Å²) in [4.78, 5) is 15.1. The quantitative estimate of drug-likeness (QED) is 0.751. The normalized spacial score (nSPS) is 12.2. The Bertz CT molecular complexity index is 861. The molecule has 1 aromatic heterocycles. The zero-order valence-electron chi connectivity index (χ0n) is 12.9. The van der Waals surface area contributed by atoms with Gasteiger partial charge in [-0.25, -0.2) is 9.37 Å². The van der Waals surface area contributed by atoms with E-state index in [0.717, 1.165) is 5.56 Å². The summed E-state index contributed by atoms with van der Waals surface area (Å²) in [5.41, 5.74) is 6.85. The lowest BCUT2D eigenvalue weighted by atomic mass is 10.1. The fourth-order valence-electron chi connectivity index (χ4n) is 2.25. The molecule has 1 heterocycles. The molecule has 0 saturated carbocycles. The molecule has 2 aromatic carbocycles. The summed E-state index contributed by atoms with van der Waals surface area (Å²) in [6, 6.07) is 11.0. The smallest absolute Gasteiger partial charge is 0.304 e. The van der Waals surface area contributed by atoms with E-state index in [1.54, 1.807) is 37.4 Å². The molecule has 124 valence electrons. The summed E-state index contributed by atoms with van der Waals surface area (Å²) < 4.78 is 29.3. The van der Waals surface area contributed by atoms with E-state index in [2.05, 4.69) is 4.98 Å². The van der Waals surface area contributed by atoms with E-state index >= 15 is 0 Å². The van der Waals surface area contributed by atoms with E-state index in [9.17, 15) is 9.18 Å². The first-order chi connectivity index (χ1) is 11.6. The van der Waals surface area contributed by atoms with Crippen LogP contribution in [0.1, 0.15) is 22.4 Å². The molecule has 0 aliphatic rings. The number of nitrogens with two attached hydrogens (primary N) is 1. The molecule has 1 amide bonds. The van der Waals surface area contributed by atoms with Crippen LogP contribution >= 0.6 is 0 Å². The van der Waals surface area contributed by atoms with E-state index in [0.29, 0.717) is 16.8 Å². The highest BCUT2D eigenvalue weighted by Gasteiger charge is 2.14. The van der Waals surface area contributed by atoms with Crippen LogP contribution in [0.25, 0.3) is 11.1 Å². The topological polar surface area (TPSA) is 87.6 Å². The highest BCUT2D eigenvalue weighted by molar-refractivity contribution is 5.91. The predicted molar refractivity (Wildman–Crippen MR) is 84.2 cm³/mol. The molecule has 0 saturated heterocycles. The van der Waals surface area contributed by atoms with Crippen molar-refractivity contribution in [1.82, 2.24) is 4.98 Å². The minimum Gasteiger partial charge on any atom is -0.490 e. The van der Waals surface area contributed by atoms with Crippen LogP contribution in [-0.2, 0) is 4.74 Å². The Morgan fingerprint density at radius 3 is 2.71 bits per heavy atom. The number of primary amides is 1. The second-order valence-corrected chi connectivity index (χ2v) is 5.10. The number of hydrogen-bond acceptors (Lipinski definition) is 5. The molecule has 2 N–H and O–H groups in total. The molecule has 0 bridgehead atoms. The number of aromatic nitrogens is 1. The molecule has 0 aliphatic carbocycles. The lowest BCUT2D eigenvalue weighted by Crippen LogP contribution is -2.12. The van der Waals surface area contributed by atoms with Gasteiger partial charge in [-0.2, -0.15) is 0 Å². The van der Waals surface area contributed by atoms with Gasteiger partial charge in [0.1, 0.15) is 29.8 Å². The SMILES string of the molecule is COC(COc1ccc2oc(C(N)=O)nc2c1)c1ccc(F)cc1. The highest BCUT2D eigenvalue weighted by atomic mass is 19.1. The van der Waals surface area contributed by atoms with Gasteiger partial charge in [0.15, 0.2) is 5.58 Å². The molecule has 0 aliphatic heterocycles. The third kappa shape index (κ3) is 3.36. The van der Waals surface area contributed by atoms with Crippen LogP contribution in [-0.4, -0.2) is 24.6 Å². The minimum atomic E-state index is -0.732. The number of amides is 1. The van der Waals surface area contributed by atoms with E-state index < -0.39 is 5.91 Å². The number of fused-ring (bicyclic) bond motifs is 1. The molecule has 0 spiro atoms. The van der Waals surface area contributed by atoms with Gasteiger partial charge in [0.25, 0.3) is 5.89 Å². The van der Waals surface area contributed by atoms with Gasteiger partial charge in [0.05, 0.1) is 0 Å². The second-order valence-electron chi connectivity index (χ2n) is 5.10. The summed E-state index contributed by atoms with van der Waals surface area (Å²) in [6.07, 6.45) is -0.347. The number of rotatable bonds is 6. The zero-order valence-corrected chi connectivity index (χ0v) is 12.9. The third-order valence-corrected chi connectivity index (χ3v) is 3.50. The van der Waals surface area contributed by atoms with Gasteiger partial charge >= 0.3 is 5.91 Å². The molecule has 0 radical (unpaired) electrons. The number of carbonyl (C=O) groups is 1. The van der Waals surface area contributed by atoms with Crippen molar-refractivity contribution in [2.45, 2.75) is 6.10 Å². The van der Waals surface area contributed by atoms with Crippen molar-refractivity contribution in [3.63, 3.8) is 0 Å². The highest BCUT2D eigenvalue weighted by Crippen LogP contribution is 2.24. The van der Waals surface area contributed by atoms with Crippen LogP contribution in [0, 0.1) is 5.82 Å². The lowest BCUT2D eigenvalue weighted by Gasteiger charge is -2.16. The number of carbonyl (C=O) groups excluding carboxylic acids is 1. The summed E-state index contributed by atoms with van der Waals surface area (Å²) >= 11 is 0. The van der Waals surface area contributed by atoms with Crippen LogP contribution in [0.15, 0.2) is 46.9 Å². The molecule has 1 atom stereocenters. The Kier molecular flexibility index (Phi) is 4.43. The van der Waals surface area contributed by atoms with Gasteiger partial charge in [0, 0.05) is 13.2 Å². The predicted octanol–water partition coefficient (Wildman–Crippen LogP) is 2.83. The summed E-state index contributed by atoms with van der Waals surface area (Å²) in [5.74, 6) is -0.653. The number of benzene rings is 2.